The Balaban J connectivity index is 2.80. The molecule has 0 aliphatic carbocycles. The molecule has 0 radical (unpaired) electrons. The molecular formula is C10H16IN3O2. The average Bonchev–Trinajstić information content (AvgIpc) is 2.27. The molecule has 0 amide bonds. The van der Waals surface area contributed by atoms with Gasteiger partial charge in [0.2, 0.25) is 0 Å². The smallest absolute Gasteiger partial charge is 0.267 e. The molecule has 90 valence electrons. The number of aryl methyl sites for hydroxylation is 1. The van der Waals surface area contributed by atoms with Crippen LogP contribution in [0.15, 0.2) is 11.0 Å². The molecule has 6 heteroatoms. The van der Waals surface area contributed by atoms with Gasteiger partial charge in [0.1, 0.15) is 5.82 Å². The fraction of sp³-hybridized carbons (Fsp3) is 0.600. The van der Waals surface area contributed by atoms with Gasteiger partial charge < -0.3 is 10.4 Å². The average molecular weight is 337 g/mol. The van der Waals surface area contributed by atoms with Gasteiger partial charge in [0.25, 0.3) is 5.56 Å². The first-order valence-electron chi connectivity index (χ1n) is 5.17. The molecule has 0 saturated carbocycles. The number of nitrogens with one attached hydrogen (secondary N) is 1. The van der Waals surface area contributed by atoms with Crippen molar-refractivity contribution in [2.24, 2.45) is 0 Å². The summed E-state index contributed by atoms with van der Waals surface area (Å²) in [5.74, 6) is 0.626. The zero-order valence-electron chi connectivity index (χ0n) is 9.40. The Morgan fingerprint density at radius 3 is 3.00 bits per heavy atom. The minimum absolute atomic E-state index is 0.0938. The number of aliphatic hydroxyl groups is 1. The third-order valence-electron chi connectivity index (χ3n) is 2.23. The Labute approximate surface area is 108 Å². The van der Waals surface area contributed by atoms with Crippen molar-refractivity contribution in [3.8, 4) is 0 Å². The van der Waals surface area contributed by atoms with Crippen molar-refractivity contribution in [1.29, 1.82) is 0 Å². The second-order valence-electron chi connectivity index (χ2n) is 3.53. The highest BCUT2D eigenvalue weighted by Crippen LogP contribution is 1.98. The van der Waals surface area contributed by atoms with E-state index in [4.69, 9.17) is 0 Å². The summed E-state index contributed by atoms with van der Waals surface area (Å²) in [6.45, 7) is 5.29. The molecule has 1 atom stereocenters. The molecule has 16 heavy (non-hydrogen) atoms. The van der Waals surface area contributed by atoms with Gasteiger partial charge in [0.15, 0.2) is 0 Å². The number of likely N-dealkylation sites (N-methyl/N-ethyl adjacent to an activating group) is 1. The van der Waals surface area contributed by atoms with Crippen molar-refractivity contribution in [3.05, 3.63) is 25.9 Å². The molecule has 2 N–H and O–H groups in total. The highest BCUT2D eigenvalue weighted by Gasteiger charge is 2.10. The van der Waals surface area contributed by atoms with Crippen LogP contribution in [0.3, 0.4) is 0 Å². The normalized spacial score (nSPS) is 12.8. The molecule has 0 aliphatic heterocycles. The Bertz CT molecular complexity index is 406. The first kappa shape index (κ1) is 13.6. The topological polar surface area (TPSA) is 67.2 Å². The van der Waals surface area contributed by atoms with E-state index in [9.17, 15) is 9.90 Å². The lowest BCUT2D eigenvalue weighted by atomic mass is 10.3. The summed E-state index contributed by atoms with van der Waals surface area (Å²) < 4.78 is 2.07. The summed E-state index contributed by atoms with van der Waals surface area (Å²) in [7, 11) is 0. The van der Waals surface area contributed by atoms with Gasteiger partial charge in [-0.3, -0.25) is 9.36 Å². The fourth-order valence-electron chi connectivity index (χ4n) is 1.35. The van der Waals surface area contributed by atoms with Crippen LogP contribution >= 0.6 is 22.6 Å². The van der Waals surface area contributed by atoms with Crippen molar-refractivity contribution in [2.75, 3.05) is 13.1 Å². The van der Waals surface area contributed by atoms with Gasteiger partial charge in [0.05, 0.1) is 16.2 Å². The summed E-state index contributed by atoms with van der Waals surface area (Å²) in [6.07, 6.45) is 0.974. The standard InChI is InChI=1S/C10H16IN3O2/c1-3-12-4-8(15)6-14-7(2)13-5-9(11)10(14)16/h5,8,12,15H,3-4,6H2,1-2H3. The lowest BCUT2D eigenvalue weighted by molar-refractivity contribution is 0.149. The number of rotatable bonds is 5. The van der Waals surface area contributed by atoms with E-state index < -0.39 is 6.10 Å². The van der Waals surface area contributed by atoms with Crippen molar-refractivity contribution >= 4 is 22.6 Å². The van der Waals surface area contributed by atoms with Gasteiger partial charge in [-0.15, -0.1) is 0 Å². The molecular weight excluding hydrogens is 321 g/mol. The second-order valence-corrected chi connectivity index (χ2v) is 4.69. The van der Waals surface area contributed by atoms with E-state index in [-0.39, 0.29) is 12.1 Å². The molecule has 5 nitrogen and oxygen atoms in total. The predicted molar refractivity (Wildman–Crippen MR) is 70.5 cm³/mol. The van der Waals surface area contributed by atoms with Crippen molar-refractivity contribution < 1.29 is 5.11 Å². The van der Waals surface area contributed by atoms with Crippen LogP contribution in [0, 0.1) is 10.5 Å². The van der Waals surface area contributed by atoms with Gasteiger partial charge in [-0.2, -0.15) is 0 Å². The van der Waals surface area contributed by atoms with Crippen molar-refractivity contribution in [3.63, 3.8) is 0 Å². The summed E-state index contributed by atoms with van der Waals surface area (Å²) >= 11 is 1.95. The van der Waals surface area contributed by atoms with Gasteiger partial charge in [0, 0.05) is 12.7 Å². The first-order chi connectivity index (χ1) is 7.56. The molecule has 0 aromatic carbocycles. The quantitative estimate of drug-likeness (QED) is 0.750. The molecule has 1 heterocycles. The third-order valence-corrected chi connectivity index (χ3v) is 2.97. The lowest BCUT2D eigenvalue weighted by Crippen LogP contribution is -2.35. The van der Waals surface area contributed by atoms with Gasteiger partial charge in [-0.1, -0.05) is 6.92 Å². The van der Waals surface area contributed by atoms with Crippen LogP contribution in [0.2, 0.25) is 0 Å². The molecule has 1 aromatic heterocycles. The third kappa shape index (κ3) is 3.53. The number of hydrogen-bond acceptors (Lipinski definition) is 4. The second kappa shape index (κ2) is 6.31. The van der Waals surface area contributed by atoms with E-state index >= 15 is 0 Å². The van der Waals surface area contributed by atoms with Crippen LogP contribution in [0.5, 0.6) is 0 Å². The zero-order chi connectivity index (χ0) is 12.1. The zero-order valence-corrected chi connectivity index (χ0v) is 11.6. The van der Waals surface area contributed by atoms with Crippen LogP contribution in [-0.2, 0) is 6.54 Å². The maximum Gasteiger partial charge on any atom is 0.267 e. The Morgan fingerprint density at radius 1 is 1.69 bits per heavy atom. The Kier molecular flexibility index (Phi) is 5.36. The predicted octanol–water partition coefficient (Wildman–Crippen LogP) is 0.127. The van der Waals surface area contributed by atoms with E-state index in [1.54, 1.807) is 13.1 Å². The number of hydrogen-bond donors (Lipinski definition) is 2. The largest absolute Gasteiger partial charge is 0.390 e. The highest BCUT2D eigenvalue weighted by atomic mass is 127. The highest BCUT2D eigenvalue weighted by molar-refractivity contribution is 14.1. The number of aliphatic hydroxyl groups excluding tert-OH is 1. The van der Waals surface area contributed by atoms with E-state index in [1.807, 2.05) is 29.5 Å². The maximum atomic E-state index is 11.8. The van der Waals surface area contributed by atoms with E-state index in [0.717, 1.165) is 6.54 Å². The fourth-order valence-corrected chi connectivity index (χ4v) is 1.78. The molecule has 1 unspecified atom stereocenters. The minimum Gasteiger partial charge on any atom is -0.390 e. The maximum absolute atomic E-state index is 11.8. The SMILES string of the molecule is CCNCC(O)Cn1c(C)ncc(I)c1=O. The first-order valence-corrected chi connectivity index (χ1v) is 6.24. The molecule has 0 aliphatic rings. The molecule has 1 rings (SSSR count). The Morgan fingerprint density at radius 2 is 2.38 bits per heavy atom. The summed E-state index contributed by atoms with van der Waals surface area (Å²) in [6, 6.07) is 0. The number of nitrogens with zero attached hydrogens (tertiary/aromatic N) is 2. The van der Waals surface area contributed by atoms with Gasteiger partial charge in [-0.25, -0.2) is 4.98 Å². The van der Waals surface area contributed by atoms with Crippen LogP contribution in [0.1, 0.15) is 12.7 Å². The summed E-state index contributed by atoms with van der Waals surface area (Å²) in [4.78, 5) is 15.9. The number of halogens is 1. The van der Waals surface area contributed by atoms with E-state index in [1.165, 1.54) is 4.57 Å². The van der Waals surface area contributed by atoms with Crippen molar-refractivity contribution in [2.45, 2.75) is 26.5 Å². The van der Waals surface area contributed by atoms with Gasteiger partial charge in [-0.05, 0) is 36.1 Å². The molecule has 0 fully saturated rings. The minimum atomic E-state index is -0.573. The summed E-state index contributed by atoms with van der Waals surface area (Å²) in [5, 5.41) is 12.8. The molecule has 0 spiro atoms. The number of aromatic nitrogens is 2. The van der Waals surface area contributed by atoms with Gasteiger partial charge >= 0.3 is 0 Å². The molecule has 1 aromatic rings. The molecule has 0 saturated heterocycles. The van der Waals surface area contributed by atoms with E-state index in [0.29, 0.717) is 15.9 Å². The van der Waals surface area contributed by atoms with Crippen molar-refractivity contribution in [1.82, 2.24) is 14.9 Å². The van der Waals surface area contributed by atoms with E-state index in [2.05, 4.69) is 10.3 Å². The Hall–Kier alpha value is -0.470. The summed E-state index contributed by atoms with van der Waals surface area (Å²) in [5.41, 5.74) is -0.0938. The van der Waals surface area contributed by atoms with Crippen LogP contribution < -0.4 is 10.9 Å². The van der Waals surface area contributed by atoms with Crippen LogP contribution in [0.25, 0.3) is 0 Å². The van der Waals surface area contributed by atoms with Crippen LogP contribution in [0.4, 0.5) is 0 Å². The lowest BCUT2D eigenvalue weighted by Gasteiger charge is -2.14. The molecule has 0 bridgehead atoms. The monoisotopic (exact) mass is 337 g/mol. The van der Waals surface area contributed by atoms with Crippen LogP contribution in [-0.4, -0.2) is 33.9 Å².